The van der Waals surface area contributed by atoms with E-state index in [1.165, 1.54) is 31.4 Å². The molecule has 0 saturated carbocycles. The molecule has 1 fully saturated rings. The van der Waals surface area contributed by atoms with Gasteiger partial charge in [0.05, 0.1) is 17.0 Å². The zero-order valence-corrected chi connectivity index (χ0v) is 18.8. The van der Waals surface area contributed by atoms with Gasteiger partial charge in [0.1, 0.15) is 23.9 Å². The number of hydrogen-bond donors (Lipinski definition) is 1. The number of amides is 1. The molecule has 0 spiro atoms. The smallest absolute Gasteiger partial charge is 0.264 e. The zero-order valence-electron chi connectivity index (χ0n) is 17.3. The van der Waals surface area contributed by atoms with E-state index >= 15 is 0 Å². The predicted molar refractivity (Wildman–Crippen MR) is 126 cm³/mol. The molecule has 33 heavy (non-hydrogen) atoms. The van der Waals surface area contributed by atoms with Crippen LogP contribution in [0.4, 0.5) is 14.5 Å². The van der Waals surface area contributed by atoms with Crippen molar-refractivity contribution in [3.05, 3.63) is 93.4 Å². The first kappa shape index (κ1) is 22.8. The topological polar surface area (TPSA) is 59.9 Å². The minimum Gasteiger partial charge on any atom is -0.493 e. The highest BCUT2D eigenvalue weighted by Crippen LogP contribution is 2.33. The molecule has 0 aromatic heterocycles. The van der Waals surface area contributed by atoms with E-state index < -0.39 is 11.6 Å². The molecule has 1 aliphatic heterocycles. The number of halogens is 3. The molecule has 0 unspecified atom stereocenters. The van der Waals surface area contributed by atoms with Crippen LogP contribution in [0.3, 0.4) is 0 Å². The van der Waals surface area contributed by atoms with Gasteiger partial charge in [-0.15, -0.1) is 0 Å². The third kappa shape index (κ3) is 5.35. The summed E-state index contributed by atoms with van der Waals surface area (Å²) in [4.78, 5) is 16.9. The van der Waals surface area contributed by atoms with E-state index in [2.05, 4.69) is 10.3 Å². The van der Waals surface area contributed by atoms with Gasteiger partial charge < -0.3 is 14.8 Å². The quantitative estimate of drug-likeness (QED) is 0.428. The van der Waals surface area contributed by atoms with E-state index in [9.17, 15) is 13.6 Å². The van der Waals surface area contributed by atoms with Gasteiger partial charge in [0.15, 0.2) is 16.7 Å². The number of nitrogens with one attached hydrogen (secondary N) is 1. The molecule has 168 valence electrons. The summed E-state index contributed by atoms with van der Waals surface area (Å²) in [7, 11) is 1.48. The zero-order chi connectivity index (χ0) is 23.4. The molecule has 0 atom stereocenters. The van der Waals surface area contributed by atoms with Crippen LogP contribution in [-0.2, 0) is 11.4 Å². The normalized spacial score (nSPS) is 15.7. The minimum atomic E-state index is -0.478. The molecule has 5 nitrogen and oxygen atoms in total. The summed E-state index contributed by atoms with van der Waals surface area (Å²) in [5.74, 6) is -0.484. The fourth-order valence-electron chi connectivity index (χ4n) is 3.00. The summed E-state index contributed by atoms with van der Waals surface area (Å²) in [6, 6.07) is 15.5. The maximum atomic E-state index is 14.0. The van der Waals surface area contributed by atoms with Crippen LogP contribution in [0.15, 0.2) is 70.6 Å². The summed E-state index contributed by atoms with van der Waals surface area (Å²) in [6.45, 7) is -0.0730. The molecule has 1 amide bonds. The lowest BCUT2D eigenvalue weighted by Crippen LogP contribution is -2.19. The second kappa shape index (κ2) is 10.1. The molecule has 0 aliphatic carbocycles. The maximum Gasteiger partial charge on any atom is 0.264 e. The standard InChI is InChI=1S/C24H17ClF2N2O3S/c1-31-21-11-14(9-10-20(21)32-13-15-16(25)5-4-7-17(15)26)12-22-23(30)29-24(33-22)28-19-8-3-2-6-18(19)27/h2-12H,13H2,1H3,(H,28,29,30). The first-order valence-electron chi connectivity index (χ1n) is 9.72. The SMILES string of the molecule is COc1cc(C=C2SC(=Nc3ccccc3F)NC2=O)ccc1OCc1c(F)cccc1Cl. The molecule has 1 N–H and O–H groups in total. The fraction of sp³-hybridized carbons (Fsp3) is 0.0833. The molecule has 0 bridgehead atoms. The van der Waals surface area contributed by atoms with E-state index in [-0.39, 0.29) is 34.0 Å². The Labute approximate surface area is 198 Å². The lowest BCUT2D eigenvalue weighted by atomic mass is 10.2. The number of benzene rings is 3. The van der Waals surface area contributed by atoms with Crippen LogP contribution in [-0.4, -0.2) is 18.2 Å². The van der Waals surface area contributed by atoms with Crippen molar-refractivity contribution in [2.24, 2.45) is 4.99 Å². The lowest BCUT2D eigenvalue weighted by molar-refractivity contribution is -0.115. The number of amidine groups is 1. The van der Waals surface area contributed by atoms with Gasteiger partial charge >= 0.3 is 0 Å². The summed E-state index contributed by atoms with van der Waals surface area (Å²) in [6.07, 6.45) is 1.66. The Morgan fingerprint density at radius 1 is 1.06 bits per heavy atom. The molecule has 9 heteroatoms. The number of para-hydroxylation sites is 1. The van der Waals surface area contributed by atoms with Gasteiger partial charge in [-0.25, -0.2) is 13.8 Å². The molecule has 1 saturated heterocycles. The van der Waals surface area contributed by atoms with Crippen LogP contribution in [0.25, 0.3) is 6.08 Å². The summed E-state index contributed by atoms with van der Waals surface area (Å²) in [5, 5.41) is 3.18. The highest BCUT2D eigenvalue weighted by molar-refractivity contribution is 8.18. The Kier molecular flexibility index (Phi) is 6.96. The molecular weight excluding hydrogens is 470 g/mol. The predicted octanol–water partition coefficient (Wildman–Crippen LogP) is 6.10. The molecule has 1 aliphatic rings. The van der Waals surface area contributed by atoms with Crippen LogP contribution in [0, 0.1) is 11.6 Å². The Bertz CT molecular complexity index is 1260. The average molecular weight is 487 g/mol. The van der Waals surface area contributed by atoms with Crippen molar-refractivity contribution < 1.29 is 23.0 Å². The third-order valence-electron chi connectivity index (χ3n) is 4.64. The lowest BCUT2D eigenvalue weighted by Gasteiger charge is -2.12. The molecule has 1 heterocycles. The van der Waals surface area contributed by atoms with Crippen molar-refractivity contribution in [1.29, 1.82) is 0 Å². The maximum absolute atomic E-state index is 14.0. The number of methoxy groups -OCH3 is 1. The van der Waals surface area contributed by atoms with Gasteiger partial charge in [0.2, 0.25) is 0 Å². The second-order valence-electron chi connectivity index (χ2n) is 6.83. The molecule has 3 aromatic carbocycles. The van der Waals surface area contributed by atoms with Crippen molar-refractivity contribution in [2.75, 3.05) is 7.11 Å². The summed E-state index contributed by atoms with van der Waals surface area (Å²) in [5.41, 5.74) is 1.06. The van der Waals surface area contributed by atoms with Gasteiger partial charge in [0.25, 0.3) is 5.91 Å². The Hall–Kier alpha value is -3.36. The van der Waals surface area contributed by atoms with Crippen LogP contribution in [0.1, 0.15) is 11.1 Å². The van der Waals surface area contributed by atoms with Crippen molar-refractivity contribution in [1.82, 2.24) is 5.32 Å². The molecular formula is C24H17ClF2N2O3S. The van der Waals surface area contributed by atoms with Crippen LogP contribution in [0.5, 0.6) is 11.5 Å². The van der Waals surface area contributed by atoms with Crippen LogP contribution < -0.4 is 14.8 Å². The summed E-state index contributed by atoms with van der Waals surface area (Å²) >= 11 is 7.15. The van der Waals surface area contributed by atoms with Crippen LogP contribution in [0.2, 0.25) is 5.02 Å². The largest absolute Gasteiger partial charge is 0.493 e. The Morgan fingerprint density at radius 3 is 2.61 bits per heavy atom. The number of hydrogen-bond acceptors (Lipinski definition) is 5. The van der Waals surface area contributed by atoms with Gasteiger partial charge in [-0.3, -0.25) is 4.79 Å². The first-order chi connectivity index (χ1) is 15.9. The van der Waals surface area contributed by atoms with Crippen molar-refractivity contribution in [3.8, 4) is 11.5 Å². The number of thioether (sulfide) groups is 1. The number of carbonyl (C=O) groups excluding carboxylic acids is 1. The van der Waals surface area contributed by atoms with E-state index in [1.54, 1.807) is 42.5 Å². The third-order valence-corrected chi connectivity index (χ3v) is 5.91. The number of ether oxygens (including phenoxy) is 2. The number of carbonyl (C=O) groups is 1. The minimum absolute atomic E-state index is 0.0730. The van der Waals surface area contributed by atoms with Crippen molar-refractivity contribution >= 4 is 46.2 Å². The van der Waals surface area contributed by atoms with Crippen molar-refractivity contribution in [2.45, 2.75) is 6.61 Å². The molecule has 0 radical (unpaired) electrons. The summed E-state index contributed by atoms with van der Waals surface area (Å²) < 4.78 is 38.9. The van der Waals surface area contributed by atoms with Crippen LogP contribution >= 0.6 is 23.4 Å². The molecule has 3 aromatic rings. The highest BCUT2D eigenvalue weighted by atomic mass is 35.5. The van der Waals surface area contributed by atoms with Gasteiger partial charge in [-0.1, -0.05) is 35.9 Å². The van der Waals surface area contributed by atoms with Gasteiger partial charge in [-0.2, -0.15) is 0 Å². The number of rotatable bonds is 6. The monoisotopic (exact) mass is 486 g/mol. The molecule has 4 rings (SSSR count). The van der Waals surface area contributed by atoms with E-state index in [0.29, 0.717) is 22.0 Å². The van der Waals surface area contributed by atoms with E-state index in [4.69, 9.17) is 21.1 Å². The van der Waals surface area contributed by atoms with E-state index in [1.807, 2.05) is 0 Å². The van der Waals surface area contributed by atoms with Gasteiger partial charge in [-0.05, 0) is 59.8 Å². The second-order valence-corrected chi connectivity index (χ2v) is 8.27. The fourth-order valence-corrected chi connectivity index (χ4v) is 4.05. The number of nitrogens with zero attached hydrogens (tertiary/aromatic N) is 1. The Balaban J connectivity index is 1.51. The van der Waals surface area contributed by atoms with Gasteiger partial charge in [0, 0.05) is 5.56 Å². The number of aliphatic imine (C=N–C) groups is 1. The van der Waals surface area contributed by atoms with E-state index in [0.717, 1.165) is 11.8 Å². The average Bonchev–Trinajstić information content (AvgIpc) is 3.14. The van der Waals surface area contributed by atoms with Crippen molar-refractivity contribution in [3.63, 3.8) is 0 Å². The Morgan fingerprint density at radius 2 is 1.85 bits per heavy atom. The highest BCUT2D eigenvalue weighted by Gasteiger charge is 2.24. The first-order valence-corrected chi connectivity index (χ1v) is 10.9.